The predicted octanol–water partition coefficient (Wildman–Crippen LogP) is 0.103. The number of nitrogens with one attached hydrogen (secondary N) is 4. The SMILES string of the molecule is CCCCC(CO)NC1=C(OCc2cccc(N)n2)CNC(NC(C)=O)N1. The average molecular weight is 378 g/mol. The van der Waals surface area contributed by atoms with Crippen molar-refractivity contribution in [3.63, 3.8) is 0 Å². The van der Waals surface area contributed by atoms with Crippen LogP contribution in [0.1, 0.15) is 38.8 Å². The number of ether oxygens (including phenoxy) is 1. The van der Waals surface area contributed by atoms with E-state index in [0.29, 0.717) is 23.9 Å². The van der Waals surface area contributed by atoms with Gasteiger partial charge in [-0.2, -0.15) is 0 Å². The summed E-state index contributed by atoms with van der Waals surface area (Å²) in [6.45, 7) is 4.24. The average Bonchev–Trinajstić information content (AvgIpc) is 2.64. The number of hydrogen-bond acceptors (Lipinski definition) is 8. The van der Waals surface area contributed by atoms with Crippen molar-refractivity contribution < 1.29 is 14.6 Å². The van der Waals surface area contributed by atoms with Crippen LogP contribution in [0.15, 0.2) is 29.8 Å². The Morgan fingerprint density at radius 1 is 1.52 bits per heavy atom. The summed E-state index contributed by atoms with van der Waals surface area (Å²) in [5.41, 5.74) is 6.42. The summed E-state index contributed by atoms with van der Waals surface area (Å²) in [5.74, 6) is 1.58. The van der Waals surface area contributed by atoms with E-state index in [1.165, 1.54) is 6.92 Å². The number of carbonyl (C=O) groups is 1. The molecular weight excluding hydrogens is 348 g/mol. The van der Waals surface area contributed by atoms with Crippen LogP contribution in [0.3, 0.4) is 0 Å². The number of nitrogens with zero attached hydrogens (tertiary/aromatic N) is 1. The topological polar surface area (TPSA) is 134 Å². The molecule has 0 radical (unpaired) electrons. The van der Waals surface area contributed by atoms with Gasteiger partial charge in [-0.1, -0.05) is 25.8 Å². The second-order valence-corrected chi connectivity index (χ2v) is 6.47. The number of nitrogens with two attached hydrogens (primary N) is 1. The molecule has 7 N–H and O–H groups in total. The smallest absolute Gasteiger partial charge is 0.219 e. The molecule has 1 aliphatic heterocycles. The first-order valence-corrected chi connectivity index (χ1v) is 9.23. The van der Waals surface area contributed by atoms with Crippen LogP contribution in [-0.4, -0.2) is 41.5 Å². The molecule has 1 aliphatic rings. The molecular formula is C18H30N6O3. The summed E-state index contributed by atoms with van der Waals surface area (Å²) in [4.78, 5) is 15.6. The molecule has 9 nitrogen and oxygen atoms in total. The molecule has 0 aliphatic carbocycles. The lowest BCUT2D eigenvalue weighted by atomic mass is 10.1. The highest BCUT2D eigenvalue weighted by atomic mass is 16.5. The van der Waals surface area contributed by atoms with Crippen LogP contribution in [0.4, 0.5) is 5.82 Å². The molecule has 0 saturated carbocycles. The highest BCUT2D eigenvalue weighted by Gasteiger charge is 2.23. The maximum absolute atomic E-state index is 11.3. The molecule has 0 bridgehead atoms. The van der Waals surface area contributed by atoms with Crippen molar-refractivity contribution in [1.82, 2.24) is 26.3 Å². The molecule has 2 heterocycles. The molecule has 1 amide bonds. The number of pyridine rings is 1. The van der Waals surface area contributed by atoms with Crippen molar-refractivity contribution in [1.29, 1.82) is 0 Å². The van der Waals surface area contributed by atoms with Gasteiger partial charge < -0.3 is 31.5 Å². The van der Waals surface area contributed by atoms with E-state index in [4.69, 9.17) is 10.5 Å². The van der Waals surface area contributed by atoms with Gasteiger partial charge in [-0.25, -0.2) is 4.98 Å². The first-order chi connectivity index (χ1) is 13.0. The number of aliphatic hydroxyl groups is 1. The van der Waals surface area contributed by atoms with Gasteiger partial charge in [0.2, 0.25) is 5.91 Å². The monoisotopic (exact) mass is 378 g/mol. The molecule has 2 atom stereocenters. The standard InChI is InChI=1S/C18H30N6O3/c1-3-4-6-13(10-25)23-17-15(9-20-18(24-17)21-12(2)26)27-11-14-7-5-8-16(19)22-14/h5,7-8,13,18,20,23-25H,3-4,6,9-11H2,1-2H3,(H2,19,22)(H,21,26). The number of amides is 1. The summed E-state index contributed by atoms with van der Waals surface area (Å²) < 4.78 is 5.92. The zero-order valence-corrected chi connectivity index (χ0v) is 15.9. The molecule has 0 saturated heterocycles. The molecule has 2 unspecified atom stereocenters. The van der Waals surface area contributed by atoms with E-state index in [2.05, 4.69) is 33.2 Å². The predicted molar refractivity (Wildman–Crippen MR) is 103 cm³/mol. The van der Waals surface area contributed by atoms with Crippen molar-refractivity contribution in [2.75, 3.05) is 18.9 Å². The van der Waals surface area contributed by atoms with Crippen molar-refractivity contribution in [3.8, 4) is 0 Å². The first kappa shape index (κ1) is 20.8. The largest absolute Gasteiger partial charge is 0.487 e. The fourth-order valence-corrected chi connectivity index (χ4v) is 2.70. The molecule has 0 spiro atoms. The third kappa shape index (κ3) is 6.95. The van der Waals surface area contributed by atoms with E-state index >= 15 is 0 Å². The van der Waals surface area contributed by atoms with Crippen LogP contribution in [0.25, 0.3) is 0 Å². The van der Waals surface area contributed by atoms with E-state index in [0.717, 1.165) is 25.0 Å². The van der Waals surface area contributed by atoms with Crippen molar-refractivity contribution in [2.45, 2.75) is 52.0 Å². The number of anilines is 1. The maximum atomic E-state index is 11.3. The second-order valence-electron chi connectivity index (χ2n) is 6.47. The minimum absolute atomic E-state index is 0.00741. The van der Waals surface area contributed by atoms with Gasteiger partial charge in [-0.15, -0.1) is 0 Å². The zero-order valence-electron chi connectivity index (χ0n) is 15.9. The highest BCUT2D eigenvalue weighted by molar-refractivity contribution is 5.73. The zero-order chi connectivity index (χ0) is 19.6. The van der Waals surface area contributed by atoms with Gasteiger partial charge in [0.15, 0.2) is 12.0 Å². The third-order valence-corrected chi connectivity index (χ3v) is 4.08. The van der Waals surface area contributed by atoms with Crippen molar-refractivity contribution in [2.24, 2.45) is 0 Å². The molecule has 9 heteroatoms. The minimum atomic E-state index is -0.423. The van der Waals surface area contributed by atoms with E-state index < -0.39 is 6.29 Å². The van der Waals surface area contributed by atoms with Gasteiger partial charge in [-0.05, 0) is 18.6 Å². The summed E-state index contributed by atoms with van der Waals surface area (Å²) in [6, 6.07) is 5.28. The normalized spacial score (nSPS) is 17.8. The van der Waals surface area contributed by atoms with E-state index in [1.807, 2.05) is 12.1 Å². The molecule has 0 aromatic carbocycles. The van der Waals surface area contributed by atoms with Gasteiger partial charge in [0.1, 0.15) is 18.2 Å². The first-order valence-electron chi connectivity index (χ1n) is 9.23. The van der Waals surface area contributed by atoms with E-state index in [-0.39, 0.29) is 25.2 Å². The van der Waals surface area contributed by atoms with E-state index in [1.54, 1.807) is 6.07 Å². The highest BCUT2D eigenvalue weighted by Crippen LogP contribution is 2.12. The van der Waals surface area contributed by atoms with E-state index in [9.17, 15) is 9.90 Å². The van der Waals surface area contributed by atoms with Crippen LogP contribution in [0, 0.1) is 0 Å². The maximum Gasteiger partial charge on any atom is 0.219 e. The summed E-state index contributed by atoms with van der Waals surface area (Å²) in [6.07, 6.45) is 2.46. The van der Waals surface area contributed by atoms with Gasteiger partial charge in [-0.3, -0.25) is 10.1 Å². The lowest BCUT2D eigenvalue weighted by Gasteiger charge is -2.32. The number of nitrogen functional groups attached to an aromatic ring is 1. The van der Waals surface area contributed by atoms with Gasteiger partial charge in [0, 0.05) is 6.92 Å². The Hall–Kier alpha value is -2.52. The Kier molecular flexibility index (Phi) is 8.15. The third-order valence-electron chi connectivity index (χ3n) is 4.08. The molecule has 27 heavy (non-hydrogen) atoms. The lowest BCUT2D eigenvalue weighted by Crippen LogP contribution is -2.60. The fourth-order valence-electron chi connectivity index (χ4n) is 2.70. The number of hydrogen-bond donors (Lipinski definition) is 6. The molecule has 0 fully saturated rings. The van der Waals surface area contributed by atoms with Crippen molar-refractivity contribution >= 4 is 11.7 Å². The fraction of sp³-hybridized carbons (Fsp3) is 0.556. The number of unbranched alkanes of at least 4 members (excludes halogenated alkanes) is 1. The number of carbonyl (C=O) groups excluding carboxylic acids is 1. The Morgan fingerprint density at radius 2 is 2.33 bits per heavy atom. The number of aromatic nitrogens is 1. The van der Waals surface area contributed by atoms with Crippen LogP contribution in [0.2, 0.25) is 0 Å². The van der Waals surface area contributed by atoms with Crippen LogP contribution in [-0.2, 0) is 16.1 Å². The Labute approximate surface area is 159 Å². The van der Waals surface area contributed by atoms with Crippen LogP contribution in [0.5, 0.6) is 0 Å². The molecule has 1 aromatic heterocycles. The van der Waals surface area contributed by atoms with Gasteiger partial charge in [0.05, 0.1) is 24.9 Å². The van der Waals surface area contributed by atoms with Crippen molar-refractivity contribution in [3.05, 3.63) is 35.5 Å². The Bertz CT molecular complexity index is 652. The summed E-state index contributed by atoms with van der Waals surface area (Å²) in [5, 5.41) is 22.0. The Balaban J connectivity index is 2.09. The Morgan fingerprint density at radius 3 is 3.00 bits per heavy atom. The molecule has 1 aromatic rings. The van der Waals surface area contributed by atoms with Gasteiger partial charge in [0.25, 0.3) is 0 Å². The summed E-state index contributed by atoms with van der Waals surface area (Å²) >= 11 is 0. The summed E-state index contributed by atoms with van der Waals surface area (Å²) in [7, 11) is 0. The lowest BCUT2D eigenvalue weighted by molar-refractivity contribution is -0.120. The minimum Gasteiger partial charge on any atom is -0.487 e. The molecule has 150 valence electrons. The van der Waals surface area contributed by atoms with Crippen LogP contribution >= 0.6 is 0 Å². The number of aliphatic hydroxyl groups excluding tert-OH is 1. The quantitative estimate of drug-likeness (QED) is 0.338. The van der Waals surface area contributed by atoms with Crippen LogP contribution < -0.4 is 27.0 Å². The molecule has 2 rings (SSSR count). The second kappa shape index (κ2) is 10.6. The number of rotatable bonds is 10. The van der Waals surface area contributed by atoms with Gasteiger partial charge >= 0.3 is 0 Å².